The SMILES string of the molecule is Cc1cc(Oc2cccc(F)c2C#N)ccc1S(=O)(=O)Cl. The first-order valence-corrected chi connectivity index (χ1v) is 8.05. The van der Waals surface area contributed by atoms with Gasteiger partial charge in [-0.2, -0.15) is 5.26 Å². The van der Waals surface area contributed by atoms with Gasteiger partial charge in [0.05, 0.1) is 4.90 Å². The number of nitrogens with zero attached hydrogens (tertiary/aromatic N) is 1. The molecule has 108 valence electrons. The fourth-order valence-corrected chi connectivity index (χ4v) is 2.98. The number of halogens is 2. The molecule has 0 aliphatic carbocycles. The van der Waals surface area contributed by atoms with E-state index in [1.165, 1.54) is 30.3 Å². The quantitative estimate of drug-likeness (QED) is 0.806. The minimum absolute atomic E-state index is 0.0312. The highest BCUT2D eigenvalue weighted by atomic mass is 35.7. The summed E-state index contributed by atoms with van der Waals surface area (Å²) < 4.78 is 41.5. The molecule has 2 rings (SSSR count). The number of hydrogen-bond donors (Lipinski definition) is 0. The second-order valence-corrected chi connectivity index (χ2v) is 6.73. The molecule has 0 amide bonds. The zero-order chi connectivity index (χ0) is 15.6. The molecule has 0 bridgehead atoms. The van der Waals surface area contributed by atoms with E-state index in [1.807, 2.05) is 0 Å². The maximum absolute atomic E-state index is 13.5. The first-order chi connectivity index (χ1) is 9.82. The van der Waals surface area contributed by atoms with Crippen LogP contribution >= 0.6 is 10.7 Å². The molecule has 21 heavy (non-hydrogen) atoms. The number of aryl methyl sites for hydroxylation is 1. The zero-order valence-corrected chi connectivity index (χ0v) is 12.4. The van der Waals surface area contributed by atoms with Crippen LogP contribution in [-0.4, -0.2) is 8.42 Å². The van der Waals surface area contributed by atoms with Gasteiger partial charge in [0.1, 0.15) is 28.9 Å². The predicted octanol–water partition coefficient (Wildman–Crippen LogP) is 3.73. The highest BCUT2D eigenvalue weighted by Gasteiger charge is 2.15. The Morgan fingerprint density at radius 3 is 2.57 bits per heavy atom. The van der Waals surface area contributed by atoms with Crippen molar-refractivity contribution in [3.63, 3.8) is 0 Å². The Kier molecular flexibility index (Phi) is 4.16. The van der Waals surface area contributed by atoms with Crippen LogP contribution in [0.3, 0.4) is 0 Å². The average molecular weight is 326 g/mol. The Bertz CT molecular complexity index is 844. The van der Waals surface area contributed by atoms with Gasteiger partial charge in [-0.25, -0.2) is 12.8 Å². The van der Waals surface area contributed by atoms with Crippen molar-refractivity contribution in [3.8, 4) is 17.6 Å². The van der Waals surface area contributed by atoms with E-state index in [4.69, 9.17) is 20.7 Å². The van der Waals surface area contributed by atoms with Gasteiger partial charge in [0, 0.05) is 10.7 Å². The van der Waals surface area contributed by atoms with Gasteiger partial charge in [-0.3, -0.25) is 0 Å². The number of rotatable bonds is 3. The van der Waals surface area contributed by atoms with Crippen LogP contribution in [0.15, 0.2) is 41.3 Å². The molecule has 0 N–H and O–H groups in total. The van der Waals surface area contributed by atoms with Gasteiger partial charge in [0.2, 0.25) is 0 Å². The molecule has 0 atom stereocenters. The summed E-state index contributed by atoms with van der Waals surface area (Å²) >= 11 is 0. The molecule has 0 unspecified atom stereocenters. The van der Waals surface area contributed by atoms with E-state index in [9.17, 15) is 12.8 Å². The highest BCUT2D eigenvalue weighted by molar-refractivity contribution is 8.13. The maximum Gasteiger partial charge on any atom is 0.261 e. The Morgan fingerprint density at radius 2 is 2.00 bits per heavy atom. The molecule has 2 aromatic carbocycles. The molecule has 0 saturated heterocycles. The molecule has 4 nitrogen and oxygen atoms in total. The Morgan fingerprint density at radius 1 is 1.29 bits per heavy atom. The number of nitriles is 1. The zero-order valence-electron chi connectivity index (χ0n) is 10.8. The van der Waals surface area contributed by atoms with Crippen LogP contribution in [0.1, 0.15) is 11.1 Å². The van der Waals surface area contributed by atoms with Crippen LogP contribution in [0, 0.1) is 24.1 Å². The minimum Gasteiger partial charge on any atom is -0.456 e. The lowest BCUT2D eigenvalue weighted by Crippen LogP contribution is -1.96. The van der Waals surface area contributed by atoms with Crippen molar-refractivity contribution in [1.82, 2.24) is 0 Å². The molecule has 0 aromatic heterocycles. The summed E-state index contributed by atoms with van der Waals surface area (Å²) in [5.41, 5.74) is 0.168. The number of benzene rings is 2. The largest absolute Gasteiger partial charge is 0.456 e. The molecule has 2 aromatic rings. The number of ether oxygens (including phenoxy) is 1. The van der Waals surface area contributed by atoms with Crippen molar-refractivity contribution in [3.05, 3.63) is 53.3 Å². The molecule has 0 radical (unpaired) electrons. The summed E-state index contributed by atoms with van der Waals surface area (Å²) in [6, 6.07) is 9.85. The van der Waals surface area contributed by atoms with Gasteiger partial charge in [0.25, 0.3) is 9.05 Å². The maximum atomic E-state index is 13.5. The third kappa shape index (κ3) is 3.32. The average Bonchev–Trinajstić information content (AvgIpc) is 2.37. The van der Waals surface area contributed by atoms with Crippen LogP contribution in [0.4, 0.5) is 4.39 Å². The molecular formula is C14H9ClFNO3S. The van der Waals surface area contributed by atoms with Gasteiger partial charge in [-0.15, -0.1) is 0 Å². The van der Waals surface area contributed by atoms with E-state index < -0.39 is 14.9 Å². The van der Waals surface area contributed by atoms with E-state index in [1.54, 1.807) is 13.0 Å². The fraction of sp³-hybridized carbons (Fsp3) is 0.0714. The van der Waals surface area contributed by atoms with Crippen molar-refractivity contribution in [2.75, 3.05) is 0 Å². The molecule has 0 aliphatic rings. The lowest BCUT2D eigenvalue weighted by atomic mass is 10.2. The van der Waals surface area contributed by atoms with Crippen molar-refractivity contribution in [1.29, 1.82) is 5.26 Å². The minimum atomic E-state index is -3.84. The van der Waals surface area contributed by atoms with E-state index in [-0.39, 0.29) is 22.0 Å². The first-order valence-electron chi connectivity index (χ1n) is 5.74. The smallest absolute Gasteiger partial charge is 0.261 e. The van der Waals surface area contributed by atoms with Crippen LogP contribution in [0.2, 0.25) is 0 Å². The van der Waals surface area contributed by atoms with Crippen LogP contribution in [0.5, 0.6) is 11.5 Å². The van der Waals surface area contributed by atoms with Gasteiger partial charge >= 0.3 is 0 Å². The van der Waals surface area contributed by atoms with E-state index in [2.05, 4.69) is 0 Å². The normalized spacial score (nSPS) is 11.0. The molecule has 0 aliphatic heterocycles. The van der Waals surface area contributed by atoms with Gasteiger partial charge in [-0.1, -0.05) is 6.07 Å². The predicted molar refractivity (Wildman–Crippen MR) is 75.4 cm³/mol. The van der Waals surface area contributed by atoms with Crippen LogP contribution < -0.4 is 4.74 Å². The summed E-state index contributed by atoms with van der Waals surface area (Å²) in [7, 11) is 1.45. The van der Waals surface area contributed by atoms with Crippen molar-refractivity contribution in [2.45, 2.75) is 11.8 Å². The second kappa shape index (κ2) is 5.72. The molecule has 0 heterocycles. The van der Waals surface area contributed by atoms with Crippen LogP contribution in [0.25, 0.3) is 0 Å². The van der Waals surface area contributed by atoms with Crippen molar-refractivity contribution < 1.29 is 17.5 Å². The first kappa shape index (κ1) is 15.3. The van der Waals surface area contributed by atoms with Crippen LogP contribution in [-0.2, 0) is 9.05 Å². The topological polar surface area (TPSA) is 67.2 Å². The molecule has 7 heteroatoms. The summed E-state index contributed by atoms with van der Waals surface area (Å²) in [5, 5.41) is 8.92. The van der Waals surface area contributed by atoms with E-state index in [0.717, 1.165) is 6.07 Å². The van der Waals surface area contributed by atoms with Crippen molar-refractivity contribution in [2.24, 2.45) is 0 Å². The summed E-state index contributed by atoms with van der Waals surface area (Å²) in [5.74, 6) is -0.358. The summed E-state index contributed by atoms with van der Waals surface area (Å²) in [6.07, 6.45) is 0. The summed E-state index contributed by atoms with van der Waals surface area (Å²) in [6.45, 7) is 1.55. The Balaban J connectivity index is 2.41. The van der Waals surface area contributed by atoms with E-state index >= 15 is 0 Å². The fourth-order valence-electron chi connectivity index (χ4n) is 1.78. The summed E-state index contributed by atoms with van der Waals surface area (Å²) in [4.78, 5) is -0.0312. The van der Waals surface area contributed by atoms with E-state index in [0.29, 0.717) is 5.56 Å². The monoisotopic (exact) mass is 325 g/mol. The molecule has 0 spiro atoms. The van der Waals surface area contributed by atoms with Gasteiger partial charge in [0.15, 0.2) is 0 Å². The third-order valence-electron chi connectivity index (χ3n) is 2.72. The lowest BCUT2D eigenvalue weighted by molar-refractivity contribution is 0.473. The van der Waals surface area contributed by atoms with Gasteiger partial charge < -0.3 is 4.74 Å². The lowest BCUT2D eigenvalue weighted by Gasteiger charge is -2.09. The molecule has 0 saturated carbocycles. The number of hydrogen-bond acceptors (Lipinski definition) is 4. The molecular weight excluding hydrogens is 317 g/mol. The Labute approximate surface area is 125 Å². The molecule has 0 fully saturated rings. The second-order valence-electron chi connectivity index (χ2n) is 4.19. The highest BCUT2D eigenvalue weighted by Crippen LogP contribution is 2.29. The standard InChI is InChI=1S/C14H9ClFNO3S/c1-9-7-10(5-6-14(9)21(15,18)19)20-13-4-2-3-12(16)11(13)8-17/h2-7H,1H3. The van der Waals surface area contributed by atoms with Gasteiger partial charge in [-0.05, 0) is 42.8 Å². The van der Waals surface area contributed by atoms with Crippen molar-refractivity contribution >= 4 is 19.7 Å². The third-order valence-corrected chi connectivity index (χ3v) is 4.21. The Hall–Kier alpha value is -2.10.